The van der Waals surface area contributed by atoms with Gasteiger partial charge in [-0.3, -0.25) is 24.0 Å². The number of rotatable bonds is 45. The molecule has 2 aliphatic rings. The van der Waals surface area contributed by atoms with Gasteiger partial charge in [0.15, 0.2) is 0 Å². The molecule has 0 radical (unpaired) electrons. The van der Waals surface area contributed by atoms with E-state index in [1.165, 1.54) is 45.4 Å². The molecule has 0 saturated heterocycles. The van der Waals surface area contributed by atoms with Crippen molar-refractivity contribution in [3.05, 3.63) is 141 Å². The van der Waals surface area contributed by atoms with Crippen LogP contribution in [0.15, 0.2) is 84.9 Å². The molecular weight excluding hydrogens is 1210 g/mol. The molecule has 4 aromatic carbocycles. The highest BCUT2D eigenvalue weighted by atomic mass is 16.6. The van der Waals surface area contributed by atoms with E-state index in [1.807, 2.05) is 36.4 Å². The Morgan fingerprint density at radius 3 is 1.26 bits per heavy atom. The van der Waals surface area contributed by atoms with E-state index in [2.05, 4.69) is 134 Å². The van der Waals surface area contributed by atoms with Crippen LogP contribution in [-0.4, -0.2) is 154 Å². The molecule has 7 N–H and O–H groups in total. The minimum absolute atomic E-state index is 0.102. The van der Waals surface area contributed by atoms with Gasteiger partial charge >= 0.3 is 0 Å². The third-order valence-corrected chi connectivity index (χ3v) is 18.6. The smallest absolute Gasteiger partial charge is 0.251 e. The lowest BCUT2D eigenvalue weighted by Crippen LogP contribution is -2.47. The van der Waals surface area contributed by atoms with Gasteiger partial charge in [0.1, 0.15) is 6.04 Å². The van der Waals surface area contributed by atoms with Crippen molar-refractivity contribution in [3.63, 3.8) is 0 Å². The number of benzene rings is 4. The molecule has 0 saturated carbocycles. The molecule has 5 amide bonds. The maximum atomic E-state index is 13.9. The maximum Gasteiger partial charge on any atom is 0.251 e. The van der Waals surface area contributed by atoms with Gasteiger partial charge < -0.3 is 65.3 Å². The molecule has 1 unspecified atom stereocenters. The van der Waals surface area contributed by atoms with Crippen LogP contribution < -0.4 is 27.4 Å². The Hall–Kier alpha value is -6.61. The Balaban J connectivity index is 0.883. The summed E-state index contributed by atoms with van der Waals surface area (Å²) in [5, 5.41) is 9.06. The van der Waals surface area contributed by atoms with Gasteiger partial charge in [0.25, 0.3) is 11.8 Å². The molecule has 0 fully saturated rings. The summed E-state index contributed by atoms with van der Waals surface area (Å²) in [6, 6.07) is 28.1. The van der Waals surface area contributed by atoms with Crippen molar-refractivity contribution in [2.75, 3.05) is 119 Å². The number of ether oxygens (including phenoxy) is 8. The Labute approximate surface area is 572 Å². The van der Waals surface area contributed by atoms with Crippen LogP contribution in [0.1, 0.15) is 205 Å². The Morgan fingerprint density at radius 2 is 0.812 bits per heavy atom. The van der Waals surface area contributed by atoms with E-state index in [-0.39, 0.29) is 59.0 Å². The second-order valence-electron chi connectivity index (χ2n) is 28.2. The fourth-order valence-corrected chi connectivity index (χ4v) is 12.2. The molecular formula is C78H113N5O13. The second kappa shape index (κ2) is 39.7. The van der Waals surface area contributed by atoms with Gasteiger partial charge in [0.05, 0.1) is 98.4 Å². The molecule has 528 valence electrons. The van der Waals surface area contributed by atoms with Gasteiger partial charge in [0.2, 0.25) is 17.7 Å². The summed E-state index contributed by atoms with van der Waals surface area (Å²) in [6.07, 6.45) is 12.4. The van der Waals surface area contributed by atoms with E-state index in [0.29, 0.717) is 155 Å². The number of allylic oxidation sites excluding steroid dienone is 2. The lowest BCUT2D eigenvalue weighted by molar-refractivity contribution is -0.124. The van der Waals surface area contributed by atoms with Crippen molar-refractivity contribution in [2.45, 2.75) is 168 Å². The lowest BCUT2D eigenvalue weighted by atomic mass is 9.63. The van der Waals surface area contributed by atoms with Crippen LogP contribution in [0, 0.1) is 5.92 Å². The highest BCUT2D eigenvalue weighted by Crippen LogP contribution is 2.48. The summed E-state index contributed by atoms with van der Waals surface area (Å²) in [5.41, 5.74) is 24.6. The van der Waals surface area contributed by atoms with Crippen molar-refractivity contribution in [2.24, 2.45) is 17.4 Å². The number of carbonyl (C=O) groups is 5. The zero-order valence-corrected chi connectivity index (χ0v) is 59.4. The molecule has 0 aromatic heterocycles. The van der Waals surface area contributed by atoms with Gasteiger partial charge in [0, 0.05) is 43.9 Å². The zero-order valence-electron chi connectivity index (χ0n) is 59.4. The third-order valence-electron chi connectivity index (χ3n) is 18.6. The molecule has 0 bridgehead atoms. The minimum Gasteiger partial charge on any atom is -0.379 e. The van der Waals surface area contributed by atoms with E-state index in [0.717, 1.165) is 36.0 Å². The van der Waals surface area contributed by atoms with Crippen LogP contribution in [-0.2, 0) is 73.9 Å². The first-order chi connectivity index (χ1) is 45.9. The molecule has 0 heterocycles. The molecule has 0 aliphatic heterocycles. The number of carbonyl (C=O) groups excluding carboxylic acids is 5. The van der Waals surface area contributed by atoms with Crippen molar-refractivity contribution < 1.29 is 61.9 Å². The van der Waals surface area contributed by atoms with Gasteiger partial charge in [-0.05, 0) is 180 Å². The number of nitrogens with one attached hydrogen (secondary N) is 3. The van der Waals surface area contributed by atoms with E-state index >= 15 is 0 Å². The number of hydrogen-bond donors (Lipinski definition) is 5. The number of unbranched alkanes of at least 4 members (excludes halogenated alkanes) is 1. The predicted octanol–water partition coefficient (Wildman–Crippen LogP) is 11.6. The number of hydrogen-bond acceptors (Lipinski definition) is 13. The highest BCUT2D eigenvalue weighted by molar-refractivity contribution is 5.98. The molecule has 18 nitrogen and oxygen atoms in total. The quantitative estimate of drug-likeness (QED) is 0.0204. The largest absolute Gasteiger partial charge is 0.379 e. The maximum absolute atomic E-state index is 13.9. The normalized spacial score (nSPS) is 16.0. The summed E-state index contributed by atoms with van der Waals surface area (Å²) in [5.74, 6) is -2.06. The van der Waals surface area contributed by atoms with Crippen molar-refractivity contribution >= 4 is 52.8 Å². The first kappa shape index (κ1) is 78.4. The summed E-state index contributed by atoms with van der Waals surface area (Å²) in [4.78, 5) is 63.7. The monoisotopic (exact) mass is 1330 g/mol. The average molecular weight is 1330 g/mol. The molecule has 18 heteroatoms. The Kier molecular flexibility index (Phi) is 32.4. The molecule has 6 rings (SSSR count). The fourth-order valence-electron chi connectivity index (χ4n) is 12.2. The lowest BCUT2D eigenvalue weighted by Gasteiger charge is -2.42. The van der Waals surface area contributed by atoms with Gasteiger partial charge in [-0.2, -0.15) is 0 Å². The van der Waals surface area contributed by atoms with Crippen LogP contribution in [0.2, 0.25) is 0 Å². The van der Waals surface area contributed by atoms with E-state index in [9.17, 15) is 24.0 Å². The topological polar surface area (TPSA) is 247 Å². The van der Waals surface area contributed by atoms with Crippen LogP contribution in [0.5, 0.6) is 0 Å². The highest BCUT2D eigenvalue weighted by Gasteiger charge is 2.38. The summed E-state index contributed by atoms with van der Waals surface area (Å²) < 4.78 is 44.4. The number of fused-ring (bicyclic) bond motifs is 2. The molecule has 0 spiro atoms. The first-order valence-corrected chi connectivity index (χ1v) is 34.8. The third kappa shape index (κ3) is 26.3. The van der Waals surface area contributed by atoms with Crippen molar-refractivity contribution in [3.8, 4) is 0 Å². The van der Waals surface area contributed by atoms with E-state index in [1.54, 1.807) is 12.1 Å². The van der Waals surface area contributed by atoms with Crippen LogP contribution in [0.25, 0.3) is 23.3 Å². The predicted molar refractivity (Wildman–Crippen MR) is 381 cm³/mol. The molecule has 2 aliphatic carbocycles. The molecule has 96 heavy (non-hydrogen) atoms. The zero-order chi connectivity index (χ0) is 69.6. The van der Waals surface area contributed by atoms with E-state index in [4.69, 9.17) is 49.4 Å². The summed E-state index contributed by atoms with van der Waals surface area (Å²) in [7, 11) is 0. The number of primary amides is 2. The standard InChI is InChI=1S/C78H113N5O13/c1-56(62-25-27-65-67(53-62)77(7,8)32-30-75(65,3)4)51-58-17-21-60(22-18-58)72(86)81-34-12-11-16-69(83-73(87)61-23-19-59(20-24-61)52-57(2)63-26-28-66-68(54-63)78(9,10)33-31-76(66,5)6)74(88)82-35-14-37-90-40-43-92-42-39-89-36-13-15-64(71(80)85)55-96-50-49-95-48-47-94-46-45-93-44-41-91-38-29-70(79)84/h17-28,51-54,64,69H,11-16,29-50,55H2,1-10H3,(H2,79,84)(H2,80,85)(H,81,86)(H,82,88)(H,83,87)/b56-51+,57-52+/t64?,69-/m1/s1. The Bertz CT molecular complexity index is 3150. The van der Waals surface area contributed by atoms with Crippen LogP contribution >= 0.6 is 0 Å². The first-order valence-electron chi connectivity index (χ1n) is 34.8. The molecule has 4 aromatic rings. The van der Waals surface area contributed by atoms with Gasteiger partial charge in [-0.25, -0.2) is 0 Å². The van der Waals surface area contributed by atoms with E-state index < -0.39 is 23.8 Å². The van der Waals surface area contributed by atoms with Crippen molar-refractivity contribution in [1.82, 2.24) is 16.0 Å². The van der Waals surface area contributed by atoms with Crippen molar-refractivity contribution in [1.29, 1.82) is 0 Å². The van der Waals surface area contributed by atoms with Gasteiger partial charge in [-0.1, -0.05) is 128 Å². The fraction of sp³-hybridized carbons (Fsp3) is 0.577. The number of amides is 5. The van der Waals surface area contributed by atoms with Gasteiger partial charge in [-0.15, -0.1) is 0 Å². The molecule has 2 atom stereocenters. The summed E-state index contributed by atoms with van der Waals surface area (Å²) in [6.45, 7) is 29.7. The number of nitrogens with two attached hydrogens (primary N) is 2. The Morgan fingerprint density at radius 1 is 0.427 bits per heavy atom. The van der Waals surface area contributed by atoms with Crippen LogP contribution in [0.3, 0.4) is 0 Å². The average Bonchev–Trinajstić information content (AvgIpc) is 0.763. The summed E-state index contributed by atoms with van der Waals surface area (Å²) >= 11 is 0. The SMILES string of the molecule is C/C(=C\c1ccc(C(=O)NCCCC[C@@H](NC(=O)c2ccc(/C=C(\C)c3ccc4c(c3)C(C)(C)CCC4(C)C)cc2)C(=O)NCCCOCCOCCOCCCC(COCCOCCOCCOCCOCCC(N)=O)C(N)=O)cc1)c1ccc2c(c1)C(C)(C)CCC2(C)C. The minimum atomic E-state index is -0.805. The van der Waals surface area contributed by atoms with Crippen LogP contribution in [0.4, 0.5) is 0 Å². The second-order valence-corrected chi connectivity index (χ2v) is 28.2.